The third-order valence-corrected chi connectivity index (χ3v) is 6.37. The predicted octanol–water partition coefficient (Wildman–Crippen LogP) is 4.64. The fraction of sp³-hybridized carbons (Fsp3) is 0.350. The van der Waals surface area contributed by atoms with Gasteiger partial charge in [-0.05, 0) is 43.5 Å². The molecule has 0 aliphatic rings. The summed E-state index contributed by atoms with van der Waals surface area (Å²) in [5.74, 6) is -0.423. The van der Waals surface area contributed by atoms with E-state index in [1.807, 2.05) is 32.9 Å². The molecule has 1 unspecified atom stereocenters. The standard InChI is InChI=1S/C20H24Cl2N2O3S/c1-5-17(15-10-9-13(2)11-14(15)3)23-19(25)12-24(28(4,26)27)18-8-6-7-16(21)20(18)22/h6-11,17H,5,12H2,1-4H3,(H,23,25). The minimum absolute atomic E-state index is 0.0869. The Kier molecular flexibility index (Phi) is 7.37. The van der Waals surface area contributed by atoms with E-state index in [0.29, 0.717) is 6.42 Å². The number of nitrogens with zero attached hydrogens (tertiary/aromatic N) is 1. The van der Waals surface area contributed by atoms with Crippen LogP contribution in [0.4, 0.5) is 5.69 Å². The van der Waals surface area contributed by atoms with Gasteiger partial charge >= 0.3 is 0 Å². The molecule has 1 amide bonds. The smallest absolute Gasteiger partial charge is 0.241 e. The molecule has 0 fully saturated rings. The van der Waals surface area contributed by atoms with Crippen molar-refractivity contribution in [2.24, 2.45) is 0 Å². The first-order valence-electron chi connectivity index (χ1n) is 8.82. The van der Waals surface area contributed by atoms with Crippen molar-refractivity contribution in [1.82, 2.24) is 5.32 Å². The Hall–Kier alpha value is -1.76. The van der Waals surface area contributed by atoms with Gasteiger partial charge in [-0.25, -0.2) is 8.42 Å². The van der Waals surface area contributed by atoms with Gasteiger partial charge in [-0.1, -0.05) is 60.0 Å². The van der Waals surface area contributed by atoms with Gasteiger partial charge in [0.05, 0.1) is 28.0 Å². The summed E-state index contributed by atoms with van der Waals surface area (Å²) < 4.78 is 25.5. The van der Waals surface area contributed by atoms with E-state index in [-0.39, 0.29) is 28.3 Å². The van der Waals surface area contributed by atoms with Gasteiger partial charge in [0, 0.05) is 0 Å². The van der Waals surface area contributed by atoms with Crippen LogP contribution in [-0.4, -0.2) is 27.1 Å². The van der Waals surface area contributed by atoms with Gasteiger partial charge in [0.25, 0.3) is 0 Å². The maximum Gasteiger partial charge on any atom is 0.241 e. The van der Waals surface area contributed by atoms with Crippen LogP contribution in [0, 0.1) is 13.8 Å². The highest BCUT2D eigenvalue weighted by molar-refractivity contribution is 7.92. The third kappa shape index (κ3) is 5.40. The summed E-state index contributed by atoms with van der Waals surface area (Å²) in [6.45, 7) is 5.58. The van der Waals surface area contributed by atoms with Crippen molar-refractivity contribution in [3.05, 3.63) is 63.1 Å². The van der Waals surface area contributed by atoms with E-state index in [2.05, 4.69) is 11.4 Å². The molecule has 0 bridgehead atoms. The first-order chi connectivity index (χ1) is 13.0. The molecule has 0 aliphatic carbocycles. The SMILES string of the molecule is CCC(NC(=O)CN(c1cccc(Cl)c1Cl)S(C)(=O)=O)c1ccc(C)cc1C. The lowest BCUT2D eigenvalue weighted by atomic mass is 9.97. The minimum Gasteiger partial charge on any atom is -0.348 e. The lowest BCUT2D eigenvalue weighted by molar-refractivity contribution is -0.120. The average molecular weight is 443 g/mol. The number of anilines is 1. The first-order valence-corrected chi connectivity index (χ1v) is 11.4. The van der Waals surface area contributed by atoms with Gasteiger partial charge < -0.3 is 5.32 Å². The van der Waals surface area contributed by atoms with E-state index in [4.69, 9.17) is 23.2 Å². The van der Waals surface area contributed by atoms with E-state index < -0.39 is 15.9 Å². The summed E-state index contributed by atoms with van der Waals surface area (Å²) in [6.07, 6.45) is 1.70. The Bertz CT molecular complexity index is 977. The van der Waals surface area contributed by atoms with Gasteiger partial charge in [0.15, 0.2) is 0 Å². The minimum atomic E-state index is -3.74. The second kappa shape index (κ2) is 9.16. The molecule has 2 rings (SSSR count). The molecule has 2 aromatic rings. The van der Waals surface area contributed by atoms with Crippen molar-refractivity contribution >= 4 is 44.8 Å². The molecular weight excluding hydrogens is 419 g/mol. The number of carbonyl (C=O) groups excluding carboxylic acids is 1. The fourth-order valence-electron chi connectivity index (χ4n) is 3.05. The number of aryl methyl sites for hydroxylation is 2. The van der Waals surface area contributed by atoms with Crippen LogP contribution in [-0.2, 0) is 14.8 Å². The maximum atomic E-state index is 12.7. The van der Waals surface area contributed by atoms with Crippen LogP contribution in [0.1, 0.15) is 36.1 Å². The molecule has 0 aromatic heterocycles. The molecule has 0 radical (unpaired) electrons. The zero-order valence-electron chi connectivity index (χ0n) is 16.3. The summed E-state index contributed by atoms with van der Waals surface area (Å²) in [5.41, 5.74) is 3.39. The van der Waals surface area contributed by atoms with Crippen molar-refractivity contribution in [2.45, 2.75) is 33.2 Å². The molecule has 0 heterocycles. The number of rotatable bonds is 7. The van der Waals surface area contributed by atoms with Gasteiger partial charge in [-0.2, -0.15) is 0 Å². The third-order valence-electron chi connectivity index (χ3n) is 4.43. The molecule has 152 valence electrons. The number of sulfonamides is 1. The molecule has 28 heavy (non-hydrogen) atoms. The van der Waals surface area contributed by atoms with Crippen LogP contribution >= 0.6 is 23.2 Å². The van der Waals surface area contributed by atoms with Crippen LogP contribution in [0.3, 0.4) is 0 Å². The molecule has 5 nitrogen and oxygen atoms in total. The molecule has 8 heteroatoms. The Morgan fingerprint density at radius 2 is 1.86 bits per heavy atom. The lowest BCUT2D eigenvalue weighted by Gasteiger charge is -2.25. The summed E-state index contributed by atoms with van der Waals surface area (Å²) in [6, 6.07) is 10.5. The van der Waals surface area contributed by atoms with Crippen LogP contribution < -0.4 is 9.62 Å². The van der Waals surface area contributed by atoms with Crippen molar-refractivity contribution in [1.29, 1.82) is 0 Å². The quantitative estimate of drug-likeness (QED) is 0.678. The number of hydrogen-bond acceptors (Lipinski definition) is 3. The maximum absolute atomic E-state index is 12.7. The molecular formula is C20H24Cl2N2O3S. The van der Waals surface area contributed by atoms with E-state index in [1.54, 1.807) is 12.1 Å². The highest BCUT2D eigenvalue weighted by atomic mass is 35.5. The molecule has 0 saturated carbocycles. The molecule has 0 saturated heterocycles. The Morgan fingerprint density at radius 1 is 1.18 bits per heavy atom. The Morgan fingerprint density at radius 3 is 2.43 bits per heavy atom. The number of nitrogens with one attached hydrogen (secondary N) is 1. The second-order valence-electron chi connectivity index (χ2n) is 6.73. The van der Waals surface area contributed by atoms with E-state index >= 15 is 0 Å². The van der Waals surface area contributed by atoms with E-state index in [1.165, 1.54) is 6.07 Å². The zero-order chi connectivity index (χ0) is 21.1. The van der Waals surface area contributed by atoms with Gasteiger partial charge in [-0.15, -0.1) is 0 Å². The van der Waals surface area contributed by atoms with Gasteiger partial charge in [-0.3, -0.25) is 9.10 Å². The van der Waals surface area contributed by atoms with Crippen molar-refractivity contribution in [3.8, 4) is 0 Å². The number of halogens is 2. The van der Waals surface area contributed by atoms with E-state index in [9.17, 15) is 13.2 Å². The molecule has 1 atom stereocenters. The highest BCUT2D eigenvalue weighted by Gasteiger charge is 2.25. The van der Waals surface area contributed by atoms with Crippen molar-refractivity contribution in [2.75, 3.05) is 17.1 Å². The largest absolute Gasteiger partial charge is 0.348 e. The average Bonchev–Trinajstić information content (AvgIpc) is 2.60. The normalized spacial score (nSPS) is 12.5. The Labute approximate surface area is 176 Å². The van der Waals surface area contributed by atoms with Gasteiger partial charge in [0.2, 0.25) is 15.9 Å². The molecule has 1 N–H and O–H groups in total. The topological polar surface area (TPSA) is 66.5 Å². The highest BCUT2D eigenvalue weighted by Crippen LogP contribution is 2.33. The monoisotopic (exact) mass is 442 g/mol. The van der Waals surface area contributed by atoms with Crippen molar-refractivity contribution < 1.29 is 13.2 Å². The van der Waals surface area contributed by atoms with Crippen LogP contribution in [0.15, 0.2) is 36.4 Å². The van der Waals surface area contributed by atoms with Crippen molar-refractivity contribution in [3.63, 3.8) is 0 Å². The second-order valence-corrected chi connectivity index (χ2v) is 9.42. The van der Waals surface area contributed by atoms with Crippen LogP contribution in [0.2, 0.25) is 10.0 Å². The number of hydrogen-bond donors (Lipinski definition) is 1. The zero-order valence-corrected chi connectivity index (χ0v) is 18.6. The number of carbonyl (C=O) groups is 1. The molecule has 0 aliphatic heterocycles. The van der Waals surface area contributed by atoms with E-state index in [0.717, 1.165) is 27.3 Å². The predicted molar refractivity (Wildman–Crippen MR) is 116 cm³/mol. The summed E-state index contributed by atoms with van der Waals surface area (Å²) in [7, 11) is -3.74. The number of benzene rings is 2. The summed E-state index contributed by atoms with van der Waals surface area (Å²) in [4.78, 5) is 12.7. The first kappa shape index (κ1) is 22.5. The Balaban J connectivity index is 2.27. The van der Waals surface area contributed by atoms with Crippen LogP contribution in [0.25, 0.3) is 0 Å². The summed E-state index contributed by atoms with van der Waals surface area (Å²) in [5, 5.41) is 3.23. The van der Waals surface area contributed by atoms with Crippen LogP contribution in [0.5, 0.6) is 0 Å². The fourth-order valence-corrected chi connectivity index (χ4v) is 4.36. The molecule has 0 spiro atoms. The molecule has 2 aromatic carbocycles. The van der Waals surface area contributed by atoms with Gasteiger partial charge in [0.1, 0.15) is 6.54 Å². The number of amides is 1. The lowest BCUT2D eigenvalue weighted by Crippen LogP contribution is -2.41. The summed E-state index contributed by atoms with van der Waals surface area (Å²) >= 11 is 12.2.